The third kappa shape index (κ3) is 4.55. The number of hydrogen-bond acceptors (Lipinski definition) is 9. The molecule has 1 aliphatic heterocycles. The molecule has 1 atom stereocenters. The van der Waals surface area contributed by atoms with E-state index in [1.165, 1.54) is 18.7 Å². The highest BCUT2D eigenvalue weighted by molar-refractivity contribution is 7.93. The van der Waals surface area contributed by atoms with E-state index in [1.54, 1.807) is 27.9 Å². The number of nitrogens with zero attached hydrogens (tertiary/aromatic N) is 7. The van der Waals surface area contributed by atoms with Gasteiger partial charge in [0, 0.05) is 18.9 Å². The van der Waals surface area contributed by atoms with Crippen LogP contribution in [0.15, 0.2) is 37.2 Å². The zero-order chi connectivity index (χ0) is 23.7. The number of aromatic nitrogens is 6. The third-order valence-electron chi connectivity index (χ3n) is 5.69. The topological polar surface area (TPSA) is 145 Å². The second kappa shape index (κ2) is 8.97. The summed E-state index contributed by atoms with van der Waals surface area (Å²) in [5, 5.41) is -0.377. The van der Waals surface area contributed by atoms with Crippen molar-refractivity contribution >= 4 is 21.9 Å². The Kier molecular flexibility index (Phi) is 5.86. The molecule has 1 saturated carbocycles. The van der Waals surface area contributed by atoms with Crippen molar-refractivity contribution in [3.8, 4) is 11.7 Å². The van der Waals surface area contributed by atoms with Gasteiger partial charge >= 0.3 is 0 Å². The summed E-state index contributed by atoms with van der Waals surface area (Å²) >= 11 is 0. The first-order valence-electron chi connectivity index (χ1n) is 11.1. The van der Waals surface area contributed by atoms with Gasteiger partial charge in [0.15, 0.2) is 5.82 Å². The van der Waals surface area contributed by atoms with Crippen LogP contribution in [0.5, 0.6) is 5.88 Å². The number of likely N-dealkylation sites (tertiary alicyclic amines) is 1. The lowest BCUT2D eigenvalue weighted by Gasteiger charge is -2.23. The second-order valence-corrected chi connectivity index (χ2v) is 10.1. The van der Waals surface area contributed by atoms with Crippen LogP contribution in [0, 0.1) is 0 Å². The van der Waals surface area contributed by atoms with E-state index >= 15 is 0 Å². The van der Waals surface area contributed by atoms with Crippen LogP contribution >= 0.6 is 0 Å². The summed E-state index contributed by atoms with van der Waals surface area (Å²) in [6, 6.07) is 1.41. The maximum absolute atomic E-state index is 13.3. The van der Waals surface area contributed by atoms with Gasteiger partial charge < -0.3 is 9.64 Å². The minimum Gasteiger partial charge on any atom is -0.477 e. The largest absolute Gasteiger partial charge is 0.477 e. The predicted octanol–water partition coefficient (Wildman–Crippen LogP) is 1.73. The molecule has 178 valence electrons. The number of sulfonamides is 1. The zero-order valence-corrected chi connectivity index (χ0v) is 19.3. The van der Waals surface area contributed by atoms with E-state index < -0.39 is 10.0 Å². The lowest BCUT2D eigenvalue weighted by atomic mass is 10.1. The molecule has 1 aliphatic carbocycles. The highest BCUT2D eigenvalue weighted by Crippen LogP contribution is 2.33. The van der Waals surface area contributed by atoms with Crippen molar-refractivity contribution in [3.63, 3.8) is 0 Å². The van der Waals surface area contributed by atoms with E-state index in [0.717, 1.165) is 6.42 Å². The second-order valence-electron chi connectivity index (χ2n) is 8.12. The average molecular weight is 485 g/mol. The fourth-order valence-corrected chi connectivity index (χ4v) is 5.18. The SMILES string of the molecule is CCOc1cncc(-n2cnc(C(=O)N3CCCC3c3ccnc(NS(=O)(=O)C4CC4)n3)c2)n1. The molecule has 1 N–H and O–H groups in total. The maximum Gasteiger partial charge on any atom is 0.274 e. The quantitative estimate of drug-likeness (QED) is 0.505. The van der Waals surface area contributed by atoms with Gasteiger partial charge in [0.25, 0.3) is 5.91 Å². The van der Waals surface area contributed by atoms with E-state index in [2.05, 4.69) is 29.6 Å². The summed E-state index contributed by atoms with van der Waals surface area (Å²) in [6.07, 6.45) is 10.5. The van der Waals surface area contributed by atoms with Gasteiger partial charge in [0.1, 0.15) is 12.0 Å². The van der Waals surface area contributed by atoms with Gasteiger partial charge in [-0.2, -0.15) is 4.98 Å². The van der Waals surface area contributed by atoms with Crippen LogP contribution in [0.2, 0.25) is 0 Å². The Morgan fingerprint density at radius 3 is 2.85 bits per heavy atom. The summed E-state index contributed by atoms with van der Waals surface area (Å²) in [7, 11) is -3.47. The molecule has 1 saturated heterocycles. The number of amides is 1. The first-order valence-corrected chi connectivity index (χ1v) is 12.6. The van der Waals surface area contributed by atoms with Gasteiger partial charge in [-0.3, -0.25) is 19.1 Å². The normalized spacial score (nSPS) is 18.1. The lowest BCUT2D eigenvalue weighted by molar-refractivity contribution is 0.0727. The Bertz CT molecular complexity index is 1310. The summed E-state index contributed by atoms with van der Waals surface area (Å²) in [5.74, 6) is 0.659. The smallest absolute Gasteiger partial charge is 0.274 e. The maximum atomic E-state index is 13.3. The molecule has 5 rings (SSSR count). The Hall–Kier alpha value is -3.61. The minimum atomic E-state index is -3.47. The summed E-state index contributed by atoms with van der Waals surface area (Å²) < 4.78 is 34.0. The molecule has 13 heteroatoms. The molecule has 12 nitrogen and oxygen atoms in total. The molecule has 1 unspecified atom stereocenters. The fraction of sp³-hybridized carbons (Fsp3) is 0.429. The van der Waals surface area contributed by atoms with Gasteiger partial charge in [0.05, 0.1) is 36.0 Å². The molecular weight excluding hydrogens is 460 g/mol. The molecule has 0 aromatic carbocycles. The van der Waals surface area contributed by atoms with E-state index in [4.69, 9.17) is 4.74 Å². The molecule has 3 aromatic rings. The van der Waals surface area contributed by atoms with Crippen LogP contribution in [0.1, 0.15) is 54.8 Å². The molecule has 2 fully saturated rings. The van der Waals surface area contributed by atoms with E-state index in [9.17, 15) is 13.2 Å². The zero-order valence-electron chi connectivity index (χ0n) is 18.5. The molecule has 2 aliphatic rings. The number of imidazole rings is 1. The number of ether oxygens (including phenoxy) is 1. The monoisotopic (exact) mass is 484 g/mol. The summed E-state index contributed by atoms with van der Waals surface area (Å²) in [5.41, 5.74) is 0.850. The van der Waals surface area contributed by atoms with Crippen molar-refractivity contribution in [3.05, 3.63) is 48.6 Å². The molecule has 4 heterocycles. The van der Waals surface area contributed by atoms with Gasteiger partial charge in [0.2, 0.25) is 21.9 Å². The number of nitrogens with one attached hydrogen (secondary N) is 1. The number of carbonyl (C=O) groups excluding carboxylic acids is 1. The first-order chi connectivity index (χ1) is 16.4. The molecule has 0 spiro atoms. The van der Waals surface area contributed by atoms with Crippen molar-refractivity contribution in [1.82, 2.24) is 34.4 Å². The average Bonchev–Trinajstić information content (AvgIpc) is 3.39. The van der Waals surface area contributed by atoms with E-state index in [0.29, 0.717) is 49.8 Å². The van der Waals surface area contributed by atoms with Gasteiger partial charge in [-0.05, 0) is 38.7 Å². The standard InChI is InChI=1S/C21H24N8O4S/c1-2-33-19-11-22-10-18(26-19)28-12-16(24-13-28)20(30)29-9-3-4-17(29)15-7-8-23-21(25-15)27-34(31,32)14-5-6-14/h7-8,10-14,17H,2-6,9H2,1H3,(H,23,25,27). The van der Waals surface area contributed by atoms with Crippen LogP contribution in [-0.2, 0) is 10.0 Å². The Morgan fingerprint density at radius 1 is 1.21 bits per heavy atom. The van der Waals surface area contributed by atoms with Crippen LogP contribution < -0.4 is 9.46 Å². The Labute approximate surface area is 196 Å². The van der Waals surface area contributed by atoms with Crippen molar-refractivity contribution < 1.29 is 17.9 Å². The van der Waals surface area contributed by atoms with Gasteiger partial charge in [-0.1, -0.05) is 0 Å². The fourth-order valence-electron chi connectivity index (χ4n) is 3.90. The van der Waals surface area contributed by atoms with Gasteiger partial charge in [-0.15, -0.1) is 0 Å². The molecule has 34 heavy (non-hydrogen) atoms. The molecule has 0 bridgehead atoms. The van der Waals surface area contributed by atoms with Crippen LogP contribution in [0.4, 0.5) is 5.95 Å². The summed E-state index contributed by atoms with van der Waals surface area (Å²) in [4.78, 5) is 36.2. The summed E-state index contributed by atoms with van der Waals surface area (Å²) in [6.45, 7) is 2.87. The Morgan fingerprint density at radius 2 is 2.06 bits per heavy atom. The molecule has 3 aromatic heterocycles. The van der Waals surface area contributed by atoms with Crippen LogP contribution in [0.3, 0.4) is 0 Å². The number of anilines is 1. The van der Waals surface area contributed by atoms with Crippen molar-refractivity contribution in [1.29, 1.82) is 0 Å². The first kappa shape index (κ1) is 22.2. The lowest BCUT2D eigenvalue weighted by Crippen LogP contribution is -2.31. The van der Waals surface area contributed by atoms with Crippen LogP contribution in [-0.4, -0.2) is 67.1 Å². The molecule has 0 radical (unpaired) electrons. The molecular formula is C21H24N8O4S. The van der Waals surface area contributed by atoms with Crippen molar-refractivity contribution in [2.75, 3.05) is 17.9 Å². The highest BCUT2D eigenvalue weighted by Gasteiger charge is 2.37. The Balaban J connectivity index is 1.34. The number of hydrogen-bond donors (Lipinski definition) is 1. The van der Waals surface area contributed by atoms with E-state index in [-0.39, 0.29) is 28.8 Å². The van der Waals surface area contributed by atoms with Crippen molar-refractivity contribution in [2.24, 2.45) is 0 Å². The van der Waals surface area contributed by atoms with Gasteiger partial charge in [-0.25, -0.2) is 23.4 Å². The number of carbonyl (C=O) groups is 1. The van der Waals surface area contributed by atoms with E-state index in [1.807, 2.05) is 6.92 Å². The highest BCUT2D eigenvalue weighted by atomic mass is 32.2. The third-order valence-corrected chi connectivity index (χ3v) is 7.50. The van der Waals surface area contributed by atoms with Crippen molar-refractivity contribution in [2.45, 2.75) is 43.9 Å². The molecule has 1 amide bonds. The minimum absolute atomic E-state index is 0.0285. The predicted molar refractivity (Wildman–Crippen MR) is 121 cm³/mol. The number of rotatable bonds is 8. The van der Waals surface area contributed by atoms with Crippen LogP contribution in [0.25, 0.3) is 5.82 Å².